The standard InChI is InChI=1S/C14H22N4O2/c1-14(2,3)20-13(19)18-8-5-11(10-18)17(4)12-9-15-6-7-16-12/h6-7,9,11H,5,8,10H2,1-4H3/t11-/m1/s1. The SMILES string of the molecule is CN(c1cnccn1)[C@@H]1CCN(C(=O)OC(C)(C)C)C1. The van der Waals surface area contributed by atoms with E-state index in [-0.39, 0.29) is 12.1 Å². The van der Waals surface area contributed by atoms with Crippen molar-refractivity contribution >= 4 is 11.9 Å². The van der Waals surface area contributed by atoms with E-state index in [4.69, 9.17) is 4.74 Å². The number of likely N-dealkylation sites (N-methyl/N-ethyl adjacent to an activating group) is 1. The lowest BCUT2D eigenvalue weighted by atomic mass is 10.2. The predicted octanol–water partition coefficient (Wildman–Crippen LogP) is 1.92. The molecule has 1 aliphatic heterocycles. The molecule has 0 aliphatic carbocycles. The van der Waals surface area contributed by atoms with Crippen molar-refractivity contribution in [2.75, 3.05) is 25.0 Å². The summed E-state index contributed by atoms with van der Waals surface area (Å²) in [7, 11) is 1.98. The molecule has 2 heterocycles. The molecule has 1 aromatic rings. The Kier molecular flexibility index (Phi) is 4.11. The first-order chi connectivity index (χ1) is 9.37. The third kappa shape index (κ3) is 3.59. The summed E-state index contributed by atoms with van der Waals surface area (Å²) in [5.74, 6) is 0.823. The molecule has 1 saturated heterocycles. The smallest absolute Gasteiger partial charge is 0.410 e. The number of carbonyl (C=O) groups excluding carboxylic acids is 1. The zero-order valence-electron chi connectivity index (χ0n) is 12.5. The van der Waals surface area contributed by atoms with Crippen LogP contribution in [-0.2, 0) is 4.74 Å². The van der Waals surface area contributed by atoms with Gasteiger partial charge in [0.25, 0.3) is 0 Å². The molecule has 1 atom stereocenters. The Morgan fingerprint density at radius 1 is 1.45 bits per heavy atom. The van der Waals surface area contributed by atoms with Gasteiger partial charge in [-0.2, -0.15) is 0 Å². The van der Waals surface area contributed by atoms with Crippen molar-refractivity contribution in [2.24, 2.45) is 0 Å². The lowest BCUT2D eigenvalue weighted by molar-refractivity contribution is 0.0292. The van der Waals surface area contributed by atoms with Crippen LogP contribution in [0.5, 0.6) is 0 Å². The number of hydrogen-bond donors (Lipinski definition) is 0. The maximum absolute atomic E-state index is 12.0. The third-order valence-electron chi connectivity index (χ3n) is 3.27. The van der Waals surface area contributed by atoms with E-state index in [1.165, 1.54) is 0 Å². The van der Waals surface area contributed by atoms with Crippen LogP contribution in [0.1, 0.15) is 27.2 Å². The number of hydrogen-bond acceptors (Lipinski definition) is 5. The van der Waals surface area contributed by atoms with Gasteiger partial charge in [-0.3, -0.25) is 4.98 Å². The van der Waals surface area contributed by atoms with Crippen molar-refractivity contribution in [2.45, 2.75) is 38.8 Å². The molecular formula is C14H22N4O2. The van der Waals surface area contributed by atoms with Crippen LogP contribution >= 0.6 is 0 Å². The molecule has 1 aromatic heterocycles. The number of amides is 1. The Balaban J connectivity index is 1.94. The fraction of sp³-hybridized carbons (Fsp3) is 0.643. The Morgan fingerprint density at radius 2 is 2.20 bits per heavy atom. The van der Waals surface area contributed by atoms with Crippen LogP contribution in [0, 0.1) is 0 Å². The van der Waals surface area contributed by atoms with Crippen LogP contribution in [0.4, 0.5) is 10.6 Å². The van der Waals surface area contributed by atoms with Crippen LogP contribution in [0.15, 0.2) is 18.6 Å². The van der Waals surface area contributed by atoms with E-state index in [0.29, 0.717) is 13.1 Å². The van der Waals surface area contributed by atoms with Gasteiger partial charge in [-0.1, -0.05) is 0 Å². The van der Waals surface area contributed by atoms with Gasteiger partial charge >= 0.3 is 6.09 Å². The highest BCUT2D eigenvalue weighted by molar-refractivity contribution is 5.68. The molecule has 1 fully saturated rings. The minimum atomic E-state index is -0.452. The van der Waals surface area contributed by atoms with E-state index < -0.39 is 5.60 Å². The van der Waals surface area contributed by atoms with Crippen LogP contribution in [0.3, 0.4) is 0 Å². The first-order valence-electron chi connectivity index (χ1n) is 6.83. The molecule has 0 N–H and O–H groups in total. The van der Waals surface area contributed by atoms with Gasteiger partial charge in [0.2, 0.25) is 0 Å². The molecule has 20 heavy (non-hydrogen) atoms. The predicted molar refractivity (Wildman–Crippen MR) is 76.6 cm³/mol. The fourth-order valence-corrected chi connectivity index (χ4v) is 2.21. The number of aromatic nitrogens is 2. The highest BCUT2D eigenvalue weighted by atomic mass is 16.6. The second-order valence-corrected chi connectivity index (χ2v) is 6.04. The van der Waals surface area contributed by atoms with Crippen molar-refractivity contribution < 1.29 is 9.53 Å². The van der Waals surface area contributed by atoms with E-state index in [1.54, 1.807) is 23.5 Å². The zero-order valence-corrected chi connectivity index (χ0v) is 12.5. The number of anilines is 1. The largest absolute Gasteiger partial charge is 0.444 e. The molecule has 0 radical (unpaired) electrons. The summed E-state index contributed by atoms with van der Waals surface area (Å²) in [5, 5.41) is 0. The normalized spacial score (nSPS) is 19.0. The average molecular weight is 278 g/mol. The maximum atomic E-state index is 12.0. The van der Waals surface area contributed by atoms with E-state index >= 15 is 0 Å². The van der Waals surface area contributed by atoms with E-state index in [2.05, 4.69) is 14.9 Å². The summed E-state index contributed by atoms with van der Waals surface area (Å²) in [6, 6.07) is 0.249. The van der Waals surface area contributed by atoms with E-state index in [1.807, 2.05) is 27.8 Å². The van der Waals surface area contributed by atoms with Gasteiger partial charge in [0.1, 0.15) is 11.4 Å². The average Bonchev–Trinajstić information content (AvgIpc) is 2.86. The molecule has 0 saturated carbocycles. The summed E-state index contributed by atoms with van der Waals surface area (Å²) < 4.78 is 5.40. The number of nitrogens with zero attached hydrogens (tertiary/aromatic N) is 4. The van der Waals surface area contributed by atoms with Gasteiger partial charge in [0.05, 0.1) is 6.20 Å². The van der Waals surface area contributed by atoms with E-state index in [0.717, 1.165) is 12.2 Å². The van der Waals surface area contributed by atoms with Crippen molar-refractivity contribution in [3.8, 4) is 0 Å². The lowest BCUT2D eigenvalue weighted by Crippen LogP contribution is -2.39. The Hall–Kier alpha value is -1.85. The van der Waals surface area contributed by atoms with Gasteiger partial charge in [0, 0.05) is 38.6 Å². The van der Waals surface area contributed by atoms with Gasteiger partial charge in [-0.05, 0) is 27.2 Å². The summed E-state index contributed by atoms with van der Waals surface area (Å²) in [6.45, 7) is 7.00. The van der Waals surface area contributed by atoms with Crippen molar-refractivity contribution in [3.05, 3.63) is 18.6 Å². The fourth-order valence-electron chi connectivity index (χ4n) is 2.21. The summed E-state index contributed by atoms with van der Waals surface area (Å²) in [6.07, 6.45) is 5.72. The van der Waals surface area contributed by atoms with Gasteiger partial charge in [-0.25, -0.2) is 9.78 Å². The second kappa shape index (κ2) is 5.64. The maximum Gasteiger partial charge on any atom is 0.410 e. The first-order valence-corrected chi connectivity index (χ1v) is 6.83. The molecule has 0 unspecified atom stereocenters. The first kappa shape index (κ1) is 14.6. The van der Waals surface area contributed by atoms with Crippen molar-refractivity contribution in [1.82, 2.24) is 14.9 Å². The van der Waals surface area contributed by atoms with Gasteiger partial charge in [0.15, 0.2) is 0 Å². The molecule has 0 bridgehead atoms. The quantitative estimate of drug-likeness (QED) is 0.827. The highest BCUT2D eigenvalue weighted by Crippen LogP contribution is 2.20. The molecular weight excluding hydrogens is 256 g/mol. The molecule has 110 valence electrons. The van der Waals surface area contributed by atoms with Crippen LogP contribution < -0.4 is 4.90 Å². The molecule has 2 rings (SSSR count). The minimum Gasteiger partial charge on any atom is -0.444 e. The lowest BCUT2D eigenvalue weighted by Gasteiger charge is -2.27. The molecule has 6 nitrogen and oxygen atoms in total. The number of ether oxygens (including phenoxy) is 1. The van der Waals surface area contributed by atoms with Crippen LogP contribution in [-0.4, -0.2) is 52.7 Å². The Labute approximate surface area is 119 Å². The Morgan fingerprint density at radius 3 is 2.80 bits per heavy atom. The van der Waals surface area contributed by atoms with Crippen molar-refractivity contribution in [1.29, 1.82) is 0 Å². The van der Waals surface area contributed by atoms with Gasteiger partial charge in [-0.15, -0.1) is 0 Å². The summed E-state index contributed by atoms with van der Waals surface area (Å²) in [5.41, 5.74) is -0.452. The minimum absolute atomic E-state index is 0.243. The number of likely N-dealkylation sites (tertiary alicyclic amines) is 1. The molecule has 0 spiro atoms. The molecule has 1 amide bonds. The van der Waals surface area contributed by atoms with Crippen molar-refractivity contribution in [3.63, 3.8) is 0 Å². The Bertz CT molecular complexity index is 458. The topological polar surface area (TPSA) is 58.6 Å². The molecule has 6 heteroatoms. The number of carbonyl (C=O) groups is 1. The summed E-state index contributed by atoms with van der Waals surface area (Å²) in [4.78, 5) is 24.2. The van der Waals surface area contributed by atoms with Crippen LogP contribution in [0.2, 0.25) is 0 Å². The van der Waals surface area contributed by atoms with Gasteiger partial charge < -0.3 is 14.5 Å². The zero-order chi connectivity index (χ0) is 14.8. The number of rotatable bonds is 2. The second-order valence-electron chi connectivity index (χ2n) is 6.04. The van der Waals surface area contributed by atoms with Crippen LogP contribution in [0.25, 0.3) is 0 Å². The van der Waals surface area contributed by atoms with E-state index in [9.17, 15) is 4.79 Å². The molecule has 1 aliphatic rings. The molecule has 0 aromatic carbocycles. The highest BCUT2D eigenvalue weighted by Gasteiger charge is 2.32. The summed E-state index contributed by atoms with van der Waals surface area (Å²) >= 11 is 0. The third-order valence-corrected chi connectivity index (χ3v) is 3.27. The monoisotopic (exact) mass is 278 g/mol.